The Bertz CT molecular complexity index is 687. The molecule has 0 saturated heterocycles. The molecule has 0 radical (unpaired) electrons. The zero-order chi connectivity index (χ0) is 13.9. The average Bonchev–Trinajstić information content (AvgIpc) is 3.06. The van der Waals surface area contributed by atoms with Crippen LogP contribution in [0.15, 0.2) is 29.6 Å². The number of anilines is 1. The number of thiophene rings is 1. The van der Waals surface area contributed by atoms with Crippen LogP contribution in [0.3, 0.4) is 0 Å². The molecule has 3 aromatic heterocycles. The van der Waals surface area contributed by atoms with Crippen molar-refractivity contribution in [3.8, 4) is 0 Å². The molecular weight excluding hydrogens is 270 g/mol. The molecule has 0 fully saturated rings. The lowest BCUT2D eigenvalue weighted by Gasteiger charge is -2.06. The monoisotopic (exact) mass is 287 g/mol. The van der Waals surface area contributed by atoms with Crippen molar-refractivity contribution in [3.05, 3.63) is 40.3 Å². The normalized spacial score (nSPS) is 11.3. The Balaban J connectivity index is 1.73. The summed E-state index contributed by atoms with van der Waals surface area (Å²) in [6.45, 7) is 5.06. The fraction of sp³-hybridized carbons (Fsp3) is 0.357. The van der Waals surface area contributed by atoms with Gasteiger partial charge in [0.2, 0.25) is 0 Å². The van der Waals surface area contributed by atoms with Gasteiger partial charge >= 0.3 is 0 Å². The number of nitrogens with zero attached hydrogens (tertiary/aromatic N) is 4. The average molecular weight is 287 g/mol. The Hall–Kier alpha value is -1.95. The van der Waals surface area contributed by atoms with E-state index in [1.54, 1.807) is 11.3 Å². The van der Waals surface area contributed by atoms with Crippen molar-refractivity contribution < 1.29 is 0 Å². The van der Waals surface area contributed by atoms with Crippen molar-refractivity contribution >= 4 is 22.8 Å². The largest absolute Gasteiger partial charge is 0.368 e. The second-order valence-electron chi connectivity index (χ2n) is 4.96. The van der Waals surface area contributed by atoms with E-state index < -0.39 is 0 Å². The Kier molecular flexibility index (Phi) is 3.64. The topological polar surface area (TPSA) is 55.1 Å². The number of rotatable bonds is 5. The summed E-state index contributed by atoms with van der Waals surface area (Å²) in [5.74, 6) is 2.05. The van der Waals surface area contributed by atoms with Crippen LogP contribution in [-0.2, 0) is 6.42 Å². The third-order valence-corrected chi connectivity index (χ3v) is 4.00. The first-order chi connectivity index (χ1) is 9.74. The van der Waals surface area contributed by atoms with Crippen LogP contribution in [0.4, 0.5) is 5.82 Å². The number of nitrogens with one attached hydrogen (secondary N) is 1. The minimum absolute atomic E-state index is 0.305. The fourth-order valence-corrected chi connectivity index (χ4v) is 2.74. The van der Waals surface area contributed by atoms with Crippen LogP contribution in [0.5, 0.6) is 0 Å². The Labute approximate surface area is 121 Å². The summed E-state index contributed by atoms with van der Waals surface area (Å²) in [5, 5.41) is 18.3. The second-order valence-corrected chi connectivity index (χ2v) is 5.99. The van der Waals surface area contributed by atoms with E-state index in [2.05, 4.69) is 52.0 Å². The highest BCUT2D eigenvalue weighted by Crippen LogP contribution is 2.14. The molecule has 0 aromatic carbocycles. The van der Waals surface area contributed by atoms with Gasteiger partial charge in [0.15, 0.2) is 11.5 Å². The molecule has 104 valence electrons. The van der Waals surface area contributed by atoms with Crippen LogP contribution < -0.4 is 5.32 Å². The highest BCUT2D eigenvalue weighted by atomic mass is 32.1. The van der Waals surface area contributed by atoms with Crippen LogP contribution in [0, 0.1) is 0 Å². The van der Waals surface area contributed by atoms with Crippen LogP contribution in [0.2, 0.25) is 0 Å². The molecule has 6 heteroatoms. The van der Waals surface area contributed by atoms with Gasteiger partial charge < -0.3 is 5.32 Å². The molecule has 0 saturated carbocycles. The van der Waals surface area contributed by atoms with Crippen molar-refractivity contribution in [2.75, 3.05) is 11.9 Å². The molecule has 0 bridgehead atoms. The van der Waals surface area contributed by atoms with Gasteiger partial charge in [-0.15, -0.1) is 26.6 Å². The molecule has 0 aliphatic heterocycles. The lowest BCUT2D eigenvalue weighted by Crippen LogP contribution is -2.08. The summed E-state index contributed by atoms with van der Waals surface area (Å²) in [6, 6.07) is 8.12. The van der Waals surface area contributed by atoms with Gasteiger partial charge in [-0.25, -0.2) is 0 Å². The van der Waals surface area contributed by atoms with Gasteiger partial charge in [0.1, 0.15) is 5.82 Å². The minimum atomic E-state index is 0.305. The predicted octanol–water partition coefficient (Wildman–Crippen LogP) is 2.96. The summed E-state index contributed by atoms with van der Waals surface area (Å²) in [4.78, 5) is 1.38. The van der Waals surface area contributed by atoms with Gasteiger partial charge in [-0.1, -0.05) is 19.9 Å². The molecule has 3 heterocycles. The first kappa shape index (κ1) is 13.1. The van der Waals surface area contributed by atoms with Crippen molar-refractivity contribution in [2.24, 2.45) is 0 Å². The standard InChI is InChI=1S/C14H17N5S/c1-10(2)14-17-16-13-6-5-12(18-19(13)14)15-8-7-11-4-3-9-20-11/h3-6,9-10H,7-8H2,1-2H3,(H,15,18). The molecule has 3 rings (SSSR count). The van der Waals surface area contributed by atoms with Crippen molar-refractivity contribution in [1.82, 2.24) is 19.8 Å². The number of hydrogen-bond acceptors (Lipinski definition) is 5. The van der Waals surface area contributed by atoms with Crippen LogP contribution >= 0.6 is 11.3 Å². The van der Waals surface area contributed by atoms with Crippen molar-refractivity contribution in [1.29, 1.82) is 0 Å². The van der Waals surface area contributed by atoms with Crippen molar-refractivity contribution in [3.63, 3.8) is 0 Å². The second kappa shape index (κ2) is 5.58. The minimum Gasteiger partial charge on any atom is -0.368 e. The summed E-state index contributed by atoms with van der Waals surface area (Å²) in [6.07, 6.45) is 1.01. The number of fused-ring (bicyclic) bond motifs is 1. The van der Waals surface area contributed by atoms with E-state index in [0.717, 1.165) is 30.3 Å². The van der Waals surface area contributed by atoms with E-state index in [0.29, 0.717) is 5.92 Å². The van der Waals surface area contributed by atoms with Crippen LogP contribution in [-0.4, -0.2) is 26.4 Å². The molecule has 0 amide bonds. The van der Waals surface area contributed by atoms with E-state index in [9.17, 15) is 0 Å². The lowest BCUT2D eigenvalue weighted by molar-refractivity contribution is 0.721. The van der Waals surface area contributed by atoms with E-state index in [-0.39, 0.29) is 0 Å². The van der Waals surface area contributed by atoms with Crippen LogP contribution in [0.1, 0.15) is 30.5 Å². The maximum atomic E-state index is 4.56. The summed E-state index contributed by atoms with van der Waals surface area (Å²) < 4.78 is 1.82. The van der Waals surface area contributed by atoms with Gasteiger partial charge in [0.25, 0.3) is 0 Å². The van der Waals surface area contributed by atoms with Gasteiger partial charge in [0, 0.05) is 17.3 Å². The number of hydrogen-bond donors (Lipinski definition) is 1. The zero-order valence-corrected chi connectivity index (χ0v) is 12.4. The molecule has 1 N–H and O–H groups in total. The smallest absolute Gasteiger partial charge is 0.178 e. The summed E-state index contributed by atoms with van der Waals surface area (Å²) in [5.41, 5.74) is 0.789. The highest BCUT2D eigenvalue weighted by Gasteiger charge is 2.10. The van der Waals surface area contributed by atoms with Crippen LogP contribution in [0.25, 0.3) is 5.65 Å². The molecule has 0 spiro atoms. The summed E-state index contributed by atoms with van der Waals surface area (Å²) in [7, 11) is 0. The third-order valence-electron chi connectivity index (χ3n) is 3.06. The molecule has 0 aliphatic carbocycles. The molecule has 20 heavy (non-hydrogen) atoms. The highest BCUT2D eigenvalue weighted by molar-refractivity contribution is 7.09. The predicted molar refractivity (Wildman–Crippen MR) is 81.4 cm³/mol. The quantitative estimate of drug-likeness (QED) is 0.784. The van der Waals surface area contributed by atoms with E-state index in [1.807, 2.05) is 16.6 Å². The van der Waals surface area contributed by atoms with Gasteiger partial charge in [-0.05, 0) is 30.0 Å². The molecule has 0 aliphatic rings. The summed E-state index contributed by atoms with van der Waals surface area (Å²) >= 11 is 1.78. The first-order valence-corrected chi connectivity index (χ1v) is 7.60. The zero-order valence-electron chi connectivity index (χ0n) is 11.6. The Morgan fingerprint density at radius 2 is 2.15 bits per heavy atom. The van der Waals surface area contributed by atoms with Gasteiger partial charge in [-0.2, -0.15) is 4.52 Å². The molecule has 3 aromatic rings. The Morgan fingerprint density at radius 1 is 1.25 bits per heavy atom. The van der Waals surface area contributed by atoms with E-state index >= 15 is 0 Å². The lowest BCUT2D eigenvalue weighted by atomic mass is 10.2. The first-order valence-electron chi connectivity index (χ1n) is 6.72. The Morgan fingerprint density at radius 3 is 2.90 bits per heavy atom. The maximum absolute atomic E-state index is 4.56. The molecule has 0 atom stereocenters. The number of aromatic nitrogens is 4. The van der Waals surface area contributed by atoms with Gasteiger partial charge in [-0.3, -0.25) is 0 Å². The SMILES string of the molecule is CC(C)c1nnc2ccc(NCCc3cccs3)nn12. The van der Waals surface area contributed by atoms with Crippen molar-refractivity contribution in [2.45, 2.75) is 26.2 Å². The third kappa shape index (κ3) is 2.65. The molecule has 5 nitrogen and oxygen atoms in total. The van der Waals surface area contributed by atoms with E-state index in [4.69, 9.17) is 0 Å². The maximum Gasteiger partial charge on any atom is 0.178 e. The molecule has 0 unspecified atom stereocenters. The molecular formula is C14H17N5S. The van der Waals surface area contributed by atoms with Gasteiger partial charge in [0.05, 0.1) is 0 Å². The fourth-order valence-electron chi connectivity index (χ4n) is 2.03. The van der Waals surface area contributed by atoms with E-state index in [1.165, 1.54) is 4.88 Å².